The van der Waals surface area contributed by atoms with Crippen molar-refractivity contribution >= 4 is 21.7 Å². The van der Waals surface area contributed by atoms with Gasteiger partial charge in [-0.15, -0.1) is 0 Å². The maximum absolute atomic E-state index is 12.8. The highest BCUT2D eigenvalue weighted by molar-refractivity contribution is 9.10. The van der Waals surface area contributed by atoms with Gasteiger partial charge in [0.25, 0.3) is 0 Å². The van der Waals surface area contributed by atoms with E-state index in [1.54, 1.807) is 7.11 Å². The highest BCUT2D eigenvalue weighted by Gasteiger charge is 2.40. The Balaban J connectivity index is 2.41. The Hall–Kier alpha value is -0.830. The first-order valence-electron chi connectivity index (χ1n) is 6.75. The van der Waals surface area contributed by atoms with Gasteiger partial charge in [0.2, 0.25) is 0 Å². The lowest BCUT2D eigenvalue weighted by molar-refractivity contribution is 0.0836. The van der Waals surface area contributed by atoms with Gasteiger partial charge in [-0.1, -0.05) is 36.2 Å². The van der Waals surface area contributed by atoms with Crippen molar-refractivity contribution in [2.45, 2.75) is 40.0 Å². The van der Waals surface area contributed by atoms with Crippen LogP contribution in [0.15, 0.2) is 16.6 Å². The molecule has 1 atom stereocenters. The van der Waals surface area contributed by atoms with Gasteiger partial charge in [-0.25, -0.2) is 0 Å². The molecule has 19 heavy (non-hydrogen) atoms. The van der Waals surface area contributed by atoms with Gasteiger partial charge >= 0.3 is 0 Å². The summed E-state index contributed by atoms with van der Waals surface area (Å²) in [6.45, 7) is 6.39. The largest absolute Gasteiger partial charge is 0.496 e. The zero-order valence-corrected chi connectivity index (χ0v) is 13.6. The van der Waals surface area contributed by atoms with Gasteiger partial charge < -0.3 is 4.74 Å². The molecule has 1 aliphatic rings. The van der Waals surface area contributed by atoms with Crippen LogP contribution >= 0.6 is 15.9 Å². The van der Waals surface area contributed by atoms with E-state index in [0.717, 1.165) is 29.3 Å². The van der Waals surface area contributed by atoms with E-state index in [1.807, 2.05) is 19.1 Å². The maximum atomic E-state index is 12.8. The molecule has 0 bridgehead atoms. The van der Waals surface area contributed by atoms with Gasteiger partial charge in [-0.2, -0.15) is 0 Å². The Kier molecular flexibility index (Phi) is 4.05. The number of hydrogen-bond donors (Lipinski definition) is 0. The van der Waals surface area contributed by atoms with Crippen LogP contribution in [-0.4, -0.2) is 12.9 Å². The van der Waals surface area contributed by atoms with Crippen LogP contribution in [0, 0.1) is 18.3 Å². The number of ketones is 1. The lowest BCUT2D eigenvalue weighted by Crippen LogP contribution is -2.26. The minimum atomic E-state index is 0.0967. The van der Waals surface area contributed by atoms with Gasteiger partial charge in [-0.3, -0.25) is 4.79 Å². The van der Waals surface area contributed by atoms with E-state index >= 15 is 0 Å². The van der Waals surface area contributed by atoms with E-state index in [4.69, 9.17) is 4.74 Å². The average Bonchev–Trinajstić information content (AvgIpc) is 2.71. The predicted molar refractivity (Wildman–Crippen MR) is 80.9 cm³/mol. The SMILES string of the molecule is COc1cc(C)c(Br)cc1C(=O)C1CCCC1(C)C. The molecule has 1 aromatic rings. The Morgan fingerprint density at radius 3 is 2.63 bits per heavy atom. The van der Waals surface area contributed by atoms with Crippen molar-refractivity contribution in [2.24, 2.45) is 11.3 Å². The number of hydrogen-bond acceptors (Lipinski definition) is 2. The fraction of sp³-hybridized carbons (Fsp3) is 0.562. The summed E-state index contributed by atoms with van der Waals surface area (Å²) in [5.41, 5.74) is 1.89. The molecule has 0 aromatic heterocycles. The molecule has 104 valence electrons. The predicted octanol–water partition coefficient (Wildman–Crippen LogP) is 4.78. The van der Waals surface area contributed by atoms with Crippen LogP contribution in [0.2, 0.25) is 0 Å². The molecule has 0 amide bonds. The summed E-state index contributed by atoms with van der Waals surface area (Å²) < 4.78 is 6.35. The summed E-state index contributed by atoms with van der Waals surface area (Å²) in [5, 5.41) is 0. The Morgan fingerprint density at radius 1 is 1.42 bits per heavy atom. The first kappa shape index (κ1) is 14.6. The van der Waals surface area contributed by atoms with Crippen molar-refractivity contribution in [2.75, 3.05) is 7.11 Å². The van der Waals surface area contributed by atoms with Crippen LogP contribution in [0.4, 0.5) is 0 Å². The van der Waals surface area contributed by atoms with E-state index in [1.165, 1.54) is 0 Å². The van der Waals surface area contributed by atoms with Crippen LogP contribution in [0.3, 0.4) is 0 Å². The normalized spacial score (nSPS) is 21.4. The number of benzene rings is 1. The summed E-state index contributed by atoms with van der Waals surface area (Å²) in [6, 6.07) is 3.84. The maximum Gasteiger partial charge on any atom is 0.170 e. The smallest absolute Gasteiger partial charge is 0.170 e. The summed E-state index contributed by atoms with van der Waals surface area (Å²) in [5.74, 6) is 1.02. The van der Waals surface area contributed by atoms with Gasteiger partial charge in [0, 0.05) is 10.4 Å². The molecular formula is C16H21BrO2. The second kappa shape index (κ2) is 5.28. The van der Waals surface area contributed by atoms with E-state index in [-0.39, 0.29) is 17.1 Å². The van der Waals surface area contributed by atoms with Crippen molar-refractivity contribution in [3.8, 4) is 5.75 Å². The Morgan fingerprint density at radius 2 is 2.11 bits per heavy atom. The number of Topliss-reactive ketones (excluding diaryl/α,β-unsaturated/α-hetero) is 1. The number of halogens is 1. The van der Waals surface area contributed by atoms with Crippen LogP contribution in [0.25, 0.3) is 0 Å². The van der Waals surface area contributed by atoms with E-state index in [2.05, 4.69) is 29.8 Å². The molecule has 0 saturated heterocycles. The second-order valence-corrected chi connectivity index (χ2v) is 6.95. The zero-order valence-electron chi connectivity index (χ0n) is 12.0. The molecule has 1 aliphatic carbocycles. The minimum absolute atomic E-state index is 0.0967. The van der Waals surface area contributed by atoms with Crippen LogP contribution < -0.4 is 4.74 Å². The van der Waals surface area contributed by atoms with Crippen molar-refractivity contribution in [1.29, 1.82) is 0 Å². The van der Waals surface area contributed by atoms with Crippen LogP contribution in [0.5, 0.6) is 5.75 Å². The monoisotopic (exact) mass is 324 g/mol. The molecule has 3 heteroatoms. The third-order valence-electron chi connectivity index (χ3n) is 4.32. The lowest BCUT2D eigenvalue weighted by Gasteiger charge is -2.26. The van der Waals surface area contributed by atoms with Crippen molar-refractivity contribution in [3.63, 3.8) is 0 Å². The number of methoxy groups -OCH3 is 1. The molecule has 0 spiro atoms. The van der Waals surface area contributed by atoms with Crippen LogP contribution in [0.1, 0.15) is 49.0 Å². The quantitative estimate of drug-likeness (QED) is 0.748. The van der Waals surface area contributed by atoms with Crippen molar-refractivity contribution < 1.29 is 9.53 Å². The van der Waals surface area contributed by atoms with E-state index in [0.29, 0.717) is 11.3 Å². The molecule has 0 aliphatic heterocycles. The van der Waals surface area contributed by atoms with Gasteiger partial charge in [-0.05, 0) is 42.9 Å². The molecule has 0 N–H and O–H groups in total. The number of carbonyl (C=O) groups is 1. The first-order valence-corrected chi connectivity index (χ1v) is 7.54. The van der Waals surface area contributed by atoms with Crippen molar-refractivity contribution in [3.05, 3.63) is 27.7 Å². The summed E-state index contributed by atoms with van der Waals surface area (Å²) in [7, 11) is 1.62. The number of ether oxygens (including phenoxy) is 1. The van der Waals surface area contributed by atoms with Gasteiger partial charge in [0.15, 0.2) is 5.78 Å². The average molecular weight is 325 g/mol. The fourth-order valence-corrected chi connectivity index (χ4v) is 3.36. The standard InChI is InChI=1S/C16H21BrO2/c1-10-8-14(19-4)11(9-13(10)17)15(18)12-6-5-7-16(12,2)3/h8-9,12H,5-7H2,1-4H3. The zero-order chi connectivity index (χ0) is 14.2. The molecule has 2 rings (SSSR count). The third kappa shape index (κ3) is 2.71. The fourth-order valence-electron chi connectivity index (χ4n) is 3.02. The summed E-state index contributed by atoms with van der Waals surface area (Å²) in [4.78, 5) is 12.8. The summed E-state index contributed by atoms with van der Waals surface area (Å²) >= 11 is 3.51. The molecular weight excluding hydrogens is 304 g/mol. The molecule has 1 unspecified atom stereocenters. The minimum Gasteiger partial charge on any atom is -0.496 e. The first-order chi connectivity index (χ1) is 8.86. The topological polar surface area (TPSA) is 26.3 Å². The highest BCUT2D eigenvalue weighted by Crippen LogP contribution is 2.45. The molecule has 1 aromatic carbocycles. The van der Waals surface area contributed by atoms with Gasteiger partial charge in [0.1, 0.15) is 5.75 Å². The second-order valence-electron chi connectivity index (χ2n) is 6.10. The number of aryl methyl sites for hydroxylation is 1. The van der Waals surface area contributed by atoms with Gasteiger partial charge in [0.05, 0.1) is 12.7 Å². The lowest BCUT2D eigenvalue weighted by atomic mass is 9.77. The number of carbonyl (C=O) groups excluding carboxylic acids is 1. The Labute approximate surface area is 123 Å². The Bertz CT molecular complexity index is 506. The molecule has 2 nitrogen and oxygen atoms in total. The number of rotatable bonds is 3. The molecule has 1 saturated carbocycles. The van der Waals surface area contributed by atoms with Crippen LogP contribution in [-0.2, 0) is 0 Å². The highest BCUT2D eigenvalue weighted by atomic mass is 79.9. The van der Waals surface area contributed by atoms with E-state index < -0.39 is 0 Å². The molecule has 1 fully saturated rings. The molecule has 0 heterocycles. The molecule has 0 radical (unpaired) electrons. The summed E-state index contributed by atoms with van der Waals surface area (Å²) in [6.07, 6.45) is 3.25. The van der Waals surface area contributed by atoms with E-state index in [9.17, 15) is 4.79 Å². The third-order valence-corrected chi connectivity index (χ3v) is 5.17. The van der Waals surface area contributed by atoms with Crippen molar-refractivity contribution in [1.82, 2.24) is 0 Å².